The Morgan fingerprint density at radius 1 is 1.11 bits per heavy atom. The Balaban J connectivity index is 1.27. The van der Waals surface area contributed by atoms with E-state index in [9.17, 15) is 9.59 Å². The molecular weight excluding hydrogens is 442 g/mol. The second kappa shape index (κ2) is 8.59. The third-order valence-corrected chi connectivity index (χ3v) is 7.26. The minimum atomic E-state index is -0.146. The first kappa shape index (κ1) is 21.9. The Kier molecular flexibility index (Phi) is 5.39. The van der Waals surface area contributed by atoms with Crippen LogP contribution in [0.25, 0.3) is 5.52 Å². The van der Waals surface area contributed by atoms with Crippen LogP contribution in [0.2, 0.25) is 0 Å². The standard InChI is InChI=1S/C27H31N5O3/c1-16-10-12-31(14-16)26(33)22-15-32-25(17(22)2)24(9-11-28-32)35-20-7-8-23(21(13-20)18-3-4-18)30-27(34)29-19-5-6-19/h7-9,11,13,15-16,18-19H,3-6,10,12,14H2,1-2H3,(H2,29,30,34). The normalized spacial score (nSPS) is 19.7. The van der Waals surface area contributed by atoms with E-state index in [4.69, 9.17) is 4.74 Å². The molecule has 8 heteroatoms. The van der Waals surface area contributed by atoms with E-state index < -0.39 is 0 Å². The lowest BCUT2D eigenvalue weighted by Gasteiger charge is -2.15. The van der Waals surface area contributed by atoms with E-state index in [1.54, 1.807) is 10.7 Å². The van der Waals surface area contributed by atoms with Crippen LogP contribution in [0.4, 0.5) is 10.5 Å². The van der Waals surface area contributed by atoms with E-state index in [1.807, 2.05) is 42.3 Å². The molecule has 3 aliphatic rings. The Morgan fingerprint density at radius 3 is 2.66 bits per heavy atom. The molecule has 0 bridgehead atoms. The highest BCUT2D eigenvalue weighted by atomic mass is 16.5. The van der Waals surface area contributed by atoms with E-state index >= 15 is 0 Å². The minimum Gasteiger partial charge on any atom is -0.455 e. The molecule has 0 radical (unpaired) electrons. The molecule has 35 heavy (non-hydrogen) atoms. The van der Waals surface area contributed by atoms with Gasteiger partial charge in [0.15, 0.2) is 5.75 Å². The number of carbonyl (C=O) groups is 2. The number of ether oxygens (including phenoxy) is 1. The lowest BCUT2D eigenvalue weighted by Crippen LogP contribution is -2.30. The zero-order valence-electron chi connectivity index (χ0n) is 20.2. The second-order valence-electron chi connectivity index (χ2n) is 10.3. The first-order valence-electron chi connectivity index (χ1n) is 12.6. The first-order valence-corrected chi connectivity index (χ1v) is 12.6. The fraction of sp³-hybridized carbons (Fsp3) is 0.444. The van der Waals surface area contributed by atoms with Crippen LogP contribution < -0.4 is 15.4 Å². The topological polar surface area (TPSA) is 88.0 Å². The molecule has 2 N–H and O–H groups in total. The first-order chi connectivity index (χ1) is 17.0. The number of hydrogen-bond donors (Lipinski definition) is 2. The smallest absolute Gasteiger partial charge is 0.319 e. The molecule has 8 nitrogen and oxygen atoms in total. The third kappa shape index (κ3) is 4.45. The molecule has 3 heterocycles. The number of benzene rings is 1. The monoisotopic (exact) mass is 473 g/mol. The summed E-state index contributed by atoms with van der Waals surface area (Å²) in [6.07, 6.45) is 8.87. The van der Waals surface area contributed by atoms with E-state index in [0.29, 0.717) is 34.9 Å². The van der Waals surface area contributed by atoms with Crippen LogP contribution in [0.3, 0.4) is 0 Å². The summed E-state index contributed by atoms with van der Waals surface area (Å²) in [5, 5.41) is 10.4. The van der Waals surface area contributed by atoms with Crippen LogP contribution in [0.1, 0.15) is 66.4 Å². The molecule has 1 aliphatic heterocycles. The summed E-state index contributed by atoms with van der Waals surface area (Å²) in [7, 11) is 0. The summed E-state index contributed by atoms with van der Waals surface area (Å²) in [6, 6.07) is 7.82. The van der Waals surface area contributed by atoms with Crippen LogP contribution in [-0.2, 0) is 0 Å². The average Bonchev–Trinajstić information content (AvgIpc) is 3.77. The summed E-state index contributed by atoms with van der Waals surface area (Å²) in [5.74, 6) is 2.38. The van der Waals surface area contributed by atoms with Gasteiger partial charge in [0.25, 0.3) is 5.91 Å². The van der Waals surface area contributed by atoms with Crippen molar-refractivity contribution in [3.8, 4) is 11.5 Å². The van der Waals surface area contributed by atoms with Crippen molar-refractivity contribution in [2.75, 3.05) is 18.4 Å². The summed E-state index contributed by atoms with van der Waals surface area (Å²) in [6.45, 7) is 5.73. The van der Waals surface area contributed by atoms with Gasteiger partial charge in [-0.25, -0.2) is 9.31 Å². The highest BCUT2D eigenvalue weighted by molar-refractivity contribution is 5.98. The van der Waals surface area contributed by atoms with Gasteiger partial charge in [0.2, 0.25) is 0 Å². The van der Waals surface area contributed by atoms with Gasteiger partial charge in [0, 0.05) is 37.1 Å². The van der Waals surface area contributed by atoms with Crippen LogP contribution in [0, 0.1) is 12.8 Å². The number of carbonyl (C=O) groups excluding carboxylic acids is 2. The van der Waals surface area contributed by atoms with Crippen molar-refractivity contribution in [3.05, 3.63) is 53.3 Å². The predicted molar refractivity (Wildman–Crippen MR) is 133 cm³/mol. The van der Waals surface area contributed by atoms with Crippen molar-refractivity contribution in [2.24, 2.45) is 5.92 Å². The summed E-state index contributed by atoms with van der Waals surface area (Å²) in [5.41, 5.74) is 4.27. The van der Waals surface area contributed by atoms with Crippen LogP contribution >= 0.6 is 0 Å². The van der Waals surface area contributed by atoms with Crippen molar-refractivity contribution >= 4 is 23.1 Å². The Bertz CT molecular complexity index is 1310. The Morgan fingerprint density at radius 2 is 1.94 bits per heavy atom. The number of anilines is 1. The van der Waals surface area contributed by atoms with Crippen LogP contribution in [-0.4, -0.2) is 45.6 Å². The van der Waals surface area contributed by atoms with Gasteiger partial charge in [-0.3, -0.25) is 4.79 Å². The molecule has 2 saturated carbocycles. The molecule has 182 valence electrons. The number of likely N-dealkylation sites (tertiary alicyclic amines) is 1. The number of fused-ring (bicyclic) bond motifs is 1. The largest absolute Gasteiger partial charge is 0.455 e. The second-order valence-corrected chi connectivity index (χ2v) is 10.3. The van der Waals surface area contributed by atoms with E-state index in [2.05, 4.69) is 22.7 Å². The summed E-state index contributed by atoms with van der Waals surface area (Å²) in [4.78, 5) is 27.4. The highest BCUT2D eigenvalue weighted by Crippen LogP contribution is 2.45. The molecule has 2 aliphatic carbocycles. The van der Waals surface area contributed by atoms with Gasteiger partial charge < -0.3 is 20.3 Å². The van der Waals surface area contributed by atoms with Gasteiger partial charge in [-0.1, -0.05) is 6.92 Å². The van der Waals surface area contributed by atoms with E-state index in [1.165, 1.54) is 0 Å². The van der Waals surface area contributed by atoms with E-state index in [0.717, 1.165) is 67.5 Å². The van der Waals surface area contributed by atoms with Crippen molar-refractivity contribution in [3.63, 3.8) is 0 Å². The number of rotatable bonds is 6. The fourth-order valence-electron chi connectivity index (χ4n) is 4.96. The summed E-state index contributed by atoms with van der Waals surface area (Å²) >= 11 is 0. The number of amides is 3. The van der Waals surface area contributed by atoms with Crippen LogP contribution in [0.5, 0.6) is 11.5 Å². The van der Waals surface area contributed by atoms with Gasteiger partial charge in [-0.15, -0.1) is 0 Å². The molecule has 1 saturated heterocycles. The lowest BCUT2D eigenvalue weighted by molar-refractivity contribution is 0.0787. The molecule has 3 amide bonds. The van der Waals surface area contributed by atoms with Gasteiger partial charge in [0.1, 0.15) is 11.3 Å². The number of nitrogens with one attached hydrogen (secondary N) is 2. The highest BCUT2D eigenvalue weighted by Gasteiger charge is 2.30. The number of nitrogens with zero attached hydrogens (tertiary/aromatic N) is 3. The third-order valence-electron chi connectivity index (χ3n) is 7.26. The van der Waals surface area contributed by atoms with Gasteiger partial charge in [-0.05, 0) is 80.2 Å². The molecule has 6 rings (SSSR count). The van der Waals surface area contributed by atoms with Crippen molar-refractivity contribution in [2.45, 2.75) is 57.9 Å². The number of hydrogen-bond acceptors (Lipinski definition) is 4. The number of aryl methyl sites for hydroxylation is 1. The Hall–Kier alpha value is -3.55. The maximum absolute atomic E-state index is 13.2. The molecular formula is C27H31N5O3. The molecule has 1 atom stereocenters. The van der Waals surface area contributed by atoms with Crippen LogP contribution in [0.15, 0.2) is 36.7 Å². The van der Waals surface area contributed by atoms with Crippen molar-refractivity contribution in [1.29, 1.82) is 0 Å². The van der Waals surface area contributed by atoms with Gasteiger partial charge in [-0.2, -0.15) is 5.10 Å². The van der Waals surface area contributed by atoms with Gasteiger partial charge in [0.05, 0.1) is 11.8 Å². The molecule has 1 unspecified atom stereocenters. The van der Waals surface area contributed by atoms with Crippen molar-refractivity contribution < 1.29 is 14.3 Å². The zero-order chi connectivity index (χ0) is 24.1. The predicted octanol–water partition coefficient (Wildman–Crippen LogP) is 5.08. The fourth-order valence-corrected chi connectivity index (χ4v) is 4.96. The van der Waals surface area contributed by atoms with Crippen molar-refractivity contribution in [1.82, 2.24) is 19.8 Å². The molecule has 3 fully saturated rings. The lowest BCUT2D eigenvalue weighted by atomic mass is 10.1. The summed E-state index contributed by atoms with van der Waals surface area (Å²) < 4.78 is 8.08. The van der Waals surface area contributed by atoms with Gasteiger partial charge >= 0.3 is 6.03 Å². The number of urea groups is 1. The average molecular weight is 474 g/mol. The Labute approximate surface area is 204 Å². The molecule has 1 aromatic carbocycles. The number of aromatic nitrogens is 2. The molecule has 3 aromatic rings. The van der Waals surface area contributed by atoms with E-state index in [-0.39, 0.29) is 11.9 Å². The molecule has 2 aromatic heterocycles. The zero-order valence-corrected chi connectivity index (χ0v) is 20.2. The quantitative estimate of drug-likeness (QED) is 0.523. The maximum atomic E-state index is 13.2. The molecule has 0 spiro atoms. The SMILES string of the molecule is Cc1c(C(=O)N2CCC(C)C2)cn2nccc(Oc3ccc(NC(=O)NC4CC4)c(C4CC4)c3)c12. The maximum Gasteiger partial charge on any atom is 0.319 e. The minimum absolute atomic E-state index is 0.0548.